The van der Waals surface area contributed by atoms with E-state index >= 15 is 0 Å². The maximum absolute atomic E-state index is 5.07. The lowest BCUT2D eigenvalue weighted by atomic mass is 9.89. The van der Waals surface area contributed by atoms with Crippen molar-refractivity contribution in [2.24, 2.45) is 0 Å². The van der Waals surface area contributed by atoms with Gasteiger partial charge in [-0.25, -0.2) is 0 Å². The van der Waals surface area contributed by atoms with E-state index in [0.29, 0.717) is 0 Å². The normalized spacial score (nSPS) is 19.7. The molecule has 1 aromatic heterocycles. The number of aromatic nitrogens is 1. The Morgan fingerprint density at radius 1 is 1.33 bits per heavy atom. The minimum atomic E-state index is 0.802. The zero-order chi connectivity index (χ0) is 8.39. The number of thiazole rings is 1. The molecule has 2 rings (SSSR count). The molecule has 0 aliphatic heterocycles. The Bertz CT molecular complexity index is 293. The second-order valence-corrected chi connectivity index (χ2v) is 5.17. The van der Waals surface area contributed by atoms with Crippen LogP contribution in [-0.4, -0.2) is 4.98 Å². The fraction of sp³-hybridized carbons (Fsp3) is 0.667. The molecule has 1 N–H and O–H groups in total. The van der Waals surface area contributed by atoms with E-state index in [1.54, 1.807) is 11.3 Å². The van der Waals surface area contributed by atoms with Crippen LogP contribution in [0.3, 0.4) is 0 Å². The van der Waals surface area contributed by atoms with Crippen LogP contribution < -0.4 is 0 Å². The zero-order valence-corrected chi connectivity index (χ0v) is 8.64. The van der Waals surface area contributed by atoms with Crippen LogP contribution in [0.25, 0.3) is 0 Å². The summed E-state index contributed by atoms with van der Waals surface area (Å²) in [6.45, 7) is 0. The monoisotopic (exact) mass is 199 g/mol. The average molecular weight is 199 g/mol. The van der Waals surface area contributed by atoms with Gasteiger partial charge in [0.15, 0.2) is 3.95 Å². The van der Waals surface area contributed by atoms with Gasteiger partial charge in [0.2, 0.25) is 0 Å². The van der Waals surface area contributed by atoms with Gasteiger partial charge in [-0.2, -0.15) is 0 Å². The number of aromatic amines is 1. The van der Waals surface area contributed by atoms with Crippen molar-refractivity contribution in [2.45, 2.75) is 38.0 Å². The van der Waals surface area contributed by atoms with Gasteiger partial charge in [-0.1, -0.05) is 19.3 Å². The smallest absolute Gasteiger partial charge is 0.158 e. The molecule has 66 valence electrons. The van der Waals surface area contributed by atoms with Crippen molar-refractivity contribution in [3.05, 3.63) is 15.0 Å². The van der Waals surface area contributed by atoms with Crippen molar-refractivity contribution in [3.8, 4) is 0 Å². The lowest BCUT2D eigenvalue weighted by Gasteiger charge is -2.19. The highest BCUT2D eigenvalue weighted by Gasteiger charge is 2.16. The molecule has 0 bridgehead atoms. The van der Waals surface area contributed by atoms with E-state index in [-0.39, 0.29) is 0 Å². The van der Waals surface area contributed by atoms with E-state index < -0.39 is 0 Å². The molecule has 3 heteroatoms. The summed E-state index contributed by atoms with van der Waals surface area (Å²) in [6.07, 6.45) is 9.05. The minimum Gasteiger partial charge on any atom is -0.343 e. The maximum Gasteiger partial charge on any atom is 0.158 e. The molecule has 1 aromatic rings. The van der Waals surface area contributed by atoms with Crippen LogP contribution in [0.5, 0.6) is 0 Å². The highest BCUT2D eigenvalue weighted by Crippen LogP contribution is 2.34. The number of nitrogens with one attached hydrogen (secondary N) is 1. The van der Waals surface area contributed by atoms with Gasteiger partial charge in [-0.15, -0.1) is 11.3 Å². The fourth-order valence-corrected chi connectivity index (χ4v) is 3.08. The Kier molecular flexibility index (Phi) is 2.61. The summed E-state index contributed by atoms with van der Waals surface area (Å²) < 4.78 is 0.926. The molecule has 1 aliphatic carbocycles. The van der Waals surface area contributed by atoms with Crippen LogP contribution in [0.2, 0.25) is 0 Å². The number of H-pyrrole nitrogens is 1. The van der Waals surface area contributed by atoms with Gasteiger partial charge in [-0.3, -0.25) is 0 Å². The lowest BCUT2D eigenvalue weighted by molar-refractivity contribution is 0.448. The van der Waals surface area contributed by atoms with Crippen LogP contribution in [0, 0.1) is 3.95 Å². The van der Waals surface area contributed by atoms with Gasteiger partial charge in [0.25, 0.3) is 0 Å². The molecule has 0 atom stereocenters. The predicted octanol–water partition coefficient (Wildman–Crippen LogP) is 3.85. The zero-order valence-electron chi connectivity index (χ0n) is 7.01. The first-order valence-electron chi connectivity index (χ1n) is 4.54. The summed E-state index contributed by atoms with van der Waals surface area (Å²) in [7, 11) is 0. The lowest BCUT2D eigenvalue weighted by Crippen LogP contribution is -2.02. The highest BCUT2D eigenvalue weighted by atomic mass is 32.1. The third kappa shape index (κ3) is 1.77. The standard InChI is InChI=1S/C9H13NS2/c11-9-10-6-8(12-9)7-4-2-1-3-5-7/h6-7H,1-5H2,(H,10,11). The Labute approximate surface area is 81.8 Å². The summed E-state index contributed by atoms with van der Waals surface area (Å²) in [5, 5.41) is 0. The summed E-state index contributed by atoms with van der Waals surface area (Å²) in [6, 6.07) is 0. The first kappa shape index (κ1) is 8.45. The van der Waals surface area contributed by atoms with Crippen LogP contribution in [0.15, 0.2) is 6.20 Å². The molecule has 1 heterocycles. The third-order valence-corrected chi connectivity index (χ3v) is 3.91. The first-order valence-corrected chi connectivity index (χ1v) is 5.77. The Morgan fingerprint density at radius 3 is 2.67 bits per heavy atom. The van der Waals surface area contributed by atoms with Crippen LogP contribution in [-0.2, 0) is 0 Å². The molecule has 1 fully saturated rings. The van der Waals surface area contributed by atoms with E-state index in [1.807, 2.05) is 0 Å². The molecule has 0 unspecified atom stereocenters. The maximum atomic E-state index is 5.07. The van der Waals surface area contributed by atoms with E-state index in [4.69, 9.17) is 12.2 Å². The van der Waals surface area contributed by atoms with E-state index in [2.05, 4.69) is 11.2 Å². The number of hydrogen-bond donors (Lipinski definition) is 1. The van der Waals surface area contributed by atoms with Gasteiger partial charge in [-0.05, 0) is 31.0 Å². The van der Waals surface area contributed by atoms with Gasteiger partial charge < -0.3 is 4.98 Å². The fourth-order valence-electron chi connectivity index (χ4n) is 1.88. The molecule has 1 nitrogen and oxygen atoms in total. The van der Waals surface area contributed by atoms with Crippen molar-refractivity contribution in [1.82, 2.24) is 4.98 Å². The molecular formula is C9H13NS2. The molecule has 0 radical (unpaired) electrons. The van der Waals surface area contributed by atoms with E-state index in [0.717, 1.165) is 9.87 Å². The largest absolute Gasteiger partial charge is 0.343 e. The molecule has 0 aromatic carbocycles. The van der Waals surface area contributed by atoms with Gasteiger partial charge >= 0.3 is 0 Å². The summed E-state index contributed by atoms with van der Waals surface area (Å²) in [4.78, 5) is 4.57. The van der Waals surface area contributed by atoms with E-state index in [1.165, 1.54) is 37.0 Å². The molecule has 0 saturated heterocycles. The van der Waals surface area contributed by atoms with Crippen molar-refractivity contribution < 1.29 is 0 Å². The van der Waals surface area contributed by atoms with E-state index in [9.17, 15) is 0 Å². The molecule has 12 heavy (non-hydrogen) atoms. The van der Waals surface area contributed by atoms with Crippen LogP contribution in [0.4, 0.5) is 0 Å². The number of hydrogen-bond acceptors (Lipinski definition) is 2. The van der Waals surface area contributed by atoms with Crippen molar-refractivity contribution >= 4 is 23.6 Å². The van der Waals surface area contributed by atoms with Crippen molar-refractivity contribution in [3.63, 3.8) is 0 Å². The minimum absolute atomic E-state index is 0.802. The SMILES string of the molecule is S=c1[nH]cc(C2CCCCC2)s1. The number of rotatable bonds is 1. The highest BCUT2D eigenvalue weighted by molar-refractivity contribution is 7.73. The average Bonchev–Trinajstić information content (AvgIpc) is 2.54. The van der Waals surface area contributed by atoms with Gasteiger partial charge in [0, 0.05) is 11.1 Å². The Hall–Kier alpha value is -0.150. The van der Waals surface area contributed by atoms with Crippen LogP contribution >= 0.6 is 23.6 Å². The molecule has 1 saturated carbocycles. The summed E-state index contributed by atoms with van der Waals surface area (Å²) in [5.41, 5.74) is 0. The molecular weight excluding hydrogens is 186 g/mol. The van der Waals surface area contributed by atoms with Gasteiger partial charge in [0.1, 0.15) is 0 Å². The second kappa shape index (κ2) is 3.71. The topological polar surface area (TPSA) is 15.8 Å². The van der Waals surface area contributed by atoms with Gasteiger partial charge in [0.05, 0.1) is 0 Å². The predicted molar refractivity (Wildman–Crippen MR) is 55.3 cm³/mol. The van der Waals surface area contributed by atoms with Crippen molar-refractivity contribution in [2.75, 3.05) is 0 Å². The summed E-state index contributed by atoms with van der Waals surface area (Å²) >= 11 is 6.82. The molecule has 1 aliphatic rings. The third-order valence-electron chi connectivity index (χ3n) is 2.55. The molecule has 0 amide bonds. The Morgan fingerprint density at radius 2 is 2.08 bits per heavy atom. The van der Waals surface area contributed by atoms with Crippen LogP contribution in [0.1, 0.15) is 42.9 Å². The quantitative estimate of drug-likeness (QED) is 0.679. The summed E-state index contributed by atoms with van der Waals surface area (Å²) in [5.74, 6) is 0.802. The second-order valence-electron chi connectivity index (χ2n) is 3.42. The molecule has 0 spiro atoms. The first-order chi connectivity index (χ1) is 5.86. The van der Waals surface area contributed by atoms with Crippen molar-refractivity contribution in [1.29, 1.82) is 0 Å². The Balaban J connectivity index is 2.13.